The number of H-pyrrole nitrogens is 1. The molecule has 1 aliphatic heterocycles. The lowest BCUT2D eigenvalue weighted by atomic mass is 9.98. The van der Waals surface area contributed by atoms with Crippen LogP contribution in [0, 0.1) is 27.4 Å². The number of imidazole rings is 1. The number of nitrogens with zero attached hydrogens (tertiary/aromatic N) is 4. The monoisotopic (exact) mass is 387 g/mol. The molecule has 0 amide bonds. The Balaban J connectivity index is 1.69. The Hall–Kier alpha value is -3.66. The molecule has 7 nitrogen and oxygen atoms in total. The summed E-state index contributed by atoms with van der Waals surface area (Å²) in [5, 5.41) is 21.3. The largest absolute Gasteiger partial charge is 0.366 e. The van der Waals surface area contributed by atoms with Crippen molar-refractivity contribution in [1.29, 1.82) is 5.26 Å². The number of anilines is 1. The summed E-state index contributed by atoms with van der Waals surface area (Å²) in [5.41, 5.74) is 3.24. The fraction of sp³-hybridized carbons (Fsp3) is 0.273. The van der Waals surface area contributed by atoms with Crippen LogP contribution in [0.15, 0.2) is 42.5 Å². The minimum atomic E-state index is -0.349. The van der Waals surface area contributed by atoms with Gasteiger partial charge in [-0.05, 0) is 48.6 Å². The first-order valence-corrected chi connectivity index (χ1v) is 9.65. The Morgan fingerprint density at radius 3 is 2.76 bits per heavy atom. The summed E-state index contributed by atoms with van der Waals surface area (Å²) in [4.78, 5) is 21.0. The van der Waals surface area contributed by atoms with Crippen LogP contribution in [-0.2, 0) is 0 Å². The molecule has 2 aromatic carbocycles. The molecule has 0 unspecified atom stereocenters. The number of nitriles is 1. The minimum absolute atomic E-state index is 0.0650. The van der Waals surface area contributed by atoms with Crippen LogP contribution < -0.4 is 4.90 Å². The number of allylic oxidation sites excluding steroid dienone is 1. The third kappa shape index (κ3) is 3.83. The van der Waals surface area contributed by atoms with Crippen LogP contribution in [0.5, 0.6) is 0 Å². The lowest BCUT2D eigenvalue weighted by molar-refractivity contribution is -0.384. The van der Waals surface area contributed by atoms with E-state index in [4.69, 9.17) is 0 Å². The molecule has 1 aromatic heterocycles. The molecule has 146 valence electrons. The van der Waals surface area contributed by atoms with Gasteiger partial charge in [-0.25, -0.2) is 4.98 Å². The van der Waals surface area contributed by atoms with Gasteiger partial charge in [-0.3, -0.25) is 10.1 Å². The average molecular weight is 387 g/mol. The van der Waals surface area contributed by atoms with Gasteiger partial charge in [0, 0.05) is 19.2 Å². The van der Waals surface area contributed by atoms with Crippen LogP contribution in [-0.4, -0.2) is 28.0 Å². The lowest BCUT2D eigenvalue weighted by Crippen LogP contribution is -2.33. The fourth-order valence-corrected chi connectivity index (χ4v) is 3.69. The number of rotatable bonds is 4. The molecule has 0 spiro atoms. The van der Waals surface area contributed by atoms with Gasteiger partial charge in [0.1, 0.15) is 17.6 Å². The molecule has 4 rings (SSSR count). The Bertz CT molecular complexity index is 1100. The maximum atomic E-state index is 11.7. The first-order valence-electron chi connectivity index (χ1n) is 9.65. The van der Waals surface area contributed by atoms with Crippen molar-refractivity contribution in [1.82, 2.24) is 9.97 Å². The standard InChI is InChI=1S/C22H21N5O2/c1-15-8-10-26(11-9-15)20-7-6-16(13-21(20)27(28)29)12-17(14-23)22-24-18-4-2-3-5-19(18)25-22/h2-7,12-13,15H,8-11H2,1H3,(H,24,25)/b17-12+. The van der Waals surface area contributed by atoms with Gasteiger partial charge in [-0.2, -0.15) is 5.26 Å². The highest BCUT2D eigenvalue weighted by atomic mass is 16.6. The fourth-order valence-electron chi connectivity index (χ4n) is 3.69. The van der Waals surface area contributed by atoms with Crippen LogP contribution in [0.1, 0.15) is 31.2 Å². The zero-order chi connectivity index (χ0) is 20.4. The maximum absolute atomic E-state index is 11.7. The molecule has 29 heavy (non-hydrogen) atoms. The van der Waals surface area contributed by atoms with Gasteiger partial charge in [0.25, 0.3) is 5.69 Å². The number of nitro groups is 1. The molecule has 1 aliphatic rings. The molecular formula is C22H21N5O2. The normalized spacial score (nSPS) is 15.4. The number of hydrogen-bond acceptors (Lipinski definition) is 5. The van der Waals surface area contributed by atoms with Crippen LogP contribution in [0.25, 0.3) is 22.7 Å². The van der Waals surface area contributed by atoms with Crippen molar-refractivity contribution in [3.05, 3.63) is 64.0 Å². The van der Waals surface area contributed by atoms with Gasteiger partial charge in [-0.15, -0.1) is 0 Å². The van der Waals surface area contributed by atoms with Crippen LogP contribution in [0.2, 0.25) is 0 Å². The van der Waals surface area contributed by atoms with Crippen molar-refractivity contribution in [2.24, 2.45) is 5.92 Å². The number of piperidine rings is 1. The van der Waals surface area contributed by atoms with Crippen molar-refractivity contribution in [2.45, 2.75) is 19.8 Å². The average Bonchev–Trinajstić information content (AvgIpc) is 3.16. The summed E-state index contributed by atoms with van der Waals surface area (Å²) >= 11 is 0. The minimum Gasteiger partial charge on any atom is -0.366 e. The summed E-state index contributed by atoms with van der Waals surface area (Å²) in [6.45, 7) is 3.85. The second-order valence-electron chi connectivity index (χ2n) is 7.45. The predicted octanol–water partition coefficient (Wildman–Crippen LogP) is 4.77. The number of nitro benzene ring substituents is 1. The summed E-state index contributed by atoms with van der Waals surface area (Å²) in [6.07, 6.45) is 3.69. The summed E-state index contributed by atoms with van der Waals surface area (Å²) < 4.78 is 0. The van der Waals surface area contributed by atoms with E-state index in [9.17, 15) is 15.4 Å². The second-order valence-corrected chi connectivity index (χ2v) is 7.45. The molecule has 0 radical (unpaired) electrons. The van der Waals surface area contributed by atoms with Gasteiger partial charge in [0.2, 0.25) is 0 Å². The lowest BCUT2D eigenvalue weighted by Gasteiger charge is -2.31. The number of fused-ring (bicyclic) bond motifs is 1. The summed E-state index contributed by atoms with van der Waals surface area (Å²) in [7, 11) is 0. The molecule has 1 saturated heterocycles. The van der Waals surface area contributed by atoms with E-state index in [1.54, 1.807) is 12.1 Å². The predicted molar refractivity (Wildman–Crippen MR) is 113 cm³/mol. The highest BCUT2D eigenvalue weighted by Gasteiger charge is 2.23. The Kier molecular flexibility index (Phi) is 5.00. The molecule has 0 bridgehead atoms. The molecule has 7 heteroatoms. The van der Waals surface area contributed by atoms with Gasteiger partial charge in [0.15, 0.2) is 0 Å². The van der Waals surface area contributed by atoms with Crippen LogP contribution >= 0.6 is 0 Å². The Morgan fingerprint density at radius 1 is 1.31 bits per heavy atom. The van der Waals surface area contributed by atoms with E-state index >= 15 is 0 Å². The van der Waals surface area contributed by atoms with E-state index < -0.39 is 0 Å². The molecule has 2 heterocycles. The van der Waals surface area contributed by atoms with Crippen molar-refractivity contribution < 1.29 is 4.92 Å². The van der Waals surface area contributed by atoms with Gasteiger partial charge in [-0.1, -0.05) is 25.1 Å². The van der Waals surface area contributed by atoms with E-state index in [1.165, 1.54) is 6.07 Å². The number of para-hydroxylation sites is 2. The van der Waals surface area contributed by atoms with Gasteiger partial charge in [0.05, 0.1) is 21.5 Å². The quantitative estimate of drug-likeness (QED) is 0.395. The SMILES string of the molecule is CC1CCN(c2ccc(/C=C(\C#N)c3nc4ccccc4[nH]3)cc2[N+](=O)[O-])CC1. The Morgan fingerprint density at radius 2 is 2.07 bits per heavy atom. The number of nitrogens with one attached hydrogen (secondary N) is 1. The van der Waals surface area contributed by atoms with Crippen molar-refractivity contribution in [3.63, 3.8) is 0 Å². The highest BCUT2D eigenvalue weighted by Crippen LogP contribution is 2.33. The molecule has 1 N–H and O–H groups in total. The number of benzene rings is 2. The Labute approximate surface area is 168 Å². The molecule has 0 aliphatic carbocycles. The topological polar surface area (TPSA) is 98.8 Å². The van der Waals surface area contributed by atoms with Gasteiger partial charge >= 0.3 is 0 Å². The number of aromatic nitrogens is 2. The summed E-state index contributed by atoms with van der Waals surface area (Å²) in [5.74, 6) is 1.10. The third-order valence-corrected chi connectivity index (χ3v) is 5.40. The van der Waals surface area contributed by atoms with E-state index in [1.807, 2.05) is 30.3 Å². The molecule has 0 atom stereocenters. The smallest absolute Gasteiger partial charge is 0.293 e. The summed E-state index contributed by atoms with van der Waals surface area (Å²) in [6, 6.07) is 14.8. The number of hydrogen-bond donors (Lipinski definition) is 1. The zero-order valence-electron chi connectivity index (χ0n) is 16.1. The highest BCUT2D eigenvalue weighted by molar-refractivity contribution is 5.90. The third-order valence-electron chi connectivity index (χ3n) is 5.40. The van der Waals surface area contributed by atoms with Crippen molar-refractivity contribution in [3.8, 4) is 6.07 Å². The molecule has 1 fully saturated rings. The second kappa shape index (κ2) is 7.76. The maximum Gasteiger partial charge on any atom is 0.293 e. The molecular weight excluding hydrogens is 366 g/mol. The first kappa shape index (κ1) is 18.7. The van der Waals surface area contributed by atoms with Crippen LogP contribution in [0.4, 0.5) is 11.4 Å². The molecule has 3 aromatic rings. The van der Waals surface area contributed by atoms with E-state index in [0.29, 0.717) is 28.6 Å². The van der Waals surface area contributed by atoms with Crippen molar-refractivity contribution >= 4 is 34.1 Å². The first-order chi connectivity index (χ1) is 14.0. The number of aromatic amines is 1. The van der Waals surface area contributed by atoms with E-state index in [2.05, 4.69) is 27.9 Å². The molecule has 0 saturated carbocycles. The zero-order valence-corrected chi connectivity index (χ0v) is 16.1. The van der Waals surface area contributed by atoms with E-state index in [-0.39, 0.29) is 10.6 Å². The van der Waals surface area contributed by atoms with Gasteiger partial charge < -0.3 is 9.88 Å². The van der Waals surface area contributed by atoms with Crippen molar-refractivity contribution in [2.75, 3.05) is 18.0 Å². The van der Waals surface area contributed by atoms with Crippen LogP contribution in [0.3, 0.4) is 0 Å². The van der Waals surface area contributed by atoms with E-state index in [0.717, 1.165) is 37.0 Å².